The molecule has 1 N–H and O–H groups in total. The number of fused-ring (bicyclic) bond motifs is 1. The first-order valence-corrected chi connectivity index (χ1v) is 8.94. The van der Waals surface area contributed by atoms with Gasteiger partial charge in [0, 0.05) is 17.8 Å². The molecule has 0 saturated carbocycles. The number of nitrogens with zero attached hydrogens (tertiary/aromatic N) is 1. The molecule has 0 saturated heterocycles. The molecule has 0 radical (unpaired) electrons. The van der Waals surface area contributed by atoms with E-state index in [1.807, 2.05) is 35.2 Å². The Bertz CT molecular complexity index is 804. The molecule has 1 aliphatic rings. The lowest BCUT2D eigenvalue weighted by molar-refractivity contribution is -0.885. The first-order valence-electron chi connectivity index (χ1n) is 8.94. The number of methoxy groups -OCH3 is 2. The lowest BCUT2D eigenvalue weighted by Crippen LogP contribution is -3.09. The molecule has 5 heteroatoms. The smallest absolute Gasteiger partial charge is 0.282 e. The van der Waals surface area contributed by atoms with E-state index in [1.165, 1.54) is 5.56 Å². The predicted molar refractivity (Wildman–Crippen MR) is 102 cm³/mol. The molecule has 1 unspecified atom stereocenters. The monoisotopic (exact) mass is 355 g/mol. The van der Waals surface area contributed by atoms with Crippen molar-refractivity contribution >= 4 is 11.6 Å². The number of anilines is 1. The number of rotatable bonds is 6. The van der Waals surface area contributed by atoms with Crippen molar-refractivity contribution in [1.82, 2.24) is 0 Å². The average molecular weight is 355 g/mol. The average Bonchev–Trinajstić information content (AvgIpc) is 3.07. The van der Waals surface area contributed by atoms with Crippen molar-refractivity contribution in [2.75, 3.05) is 39.3 Å². The van der Waals surface area contributed by atoms with Crippen LogP contribution in [-0.4, -0.2) is 40.3 Å². The second-order valence-electron chi connectivity index (χ2n) is 6.87. The molecule has 0 aromatic heterocycles. The van der Waals surface area contributed by atoms with Crippen LogP contribution in [0.2, 0.25) is 0 Å². The highest BCUT2D eigenvalue weighted by Crippen LogP contribution is 2.30. The number of hydrogen-bond donors (Lipinski definition) is 1. The van der Waals surface area contributed by atoms with E-state index in [0.717, 1.165) is 52.7 Å². The third-order valence-electron chi connectivity index (χ3n) is 4.98. The summed E-state index contributed by atoms with van der Waals surface area (Å²) in [5, 5.41) is 0. The topological polar surface area (TPSA) is 43.2 Å². The fourth-order valence-electron chi connectivity index (χ4n) is 3.55. The van der Waals surface area contributed by atoms with Gasteiger partial charge in [-0.2, -0.15) is 0 Å². The van der Waals surface area contributed by atoms with E-state index >= 15 is 0 Å². The zero-order chi connectivity index (χ0) is 18.7. The van der Waals surface area contributed by atoms with E-state index in [0.29, 0.717) is 6.54 Å². The van der Waals surface area contributed by atoms with Gasteiger partial charge in [-0.05, 0) is 42.7 Å². The molecule has 26 heavy (non-hydrogen) atoms. The molecule has 2 aromatic rings. The van der Waals surface area contributed by atoms with Gasteiger partial charge in [0.05, 0.1) is 21.3 Å². The first-order chi connectivity index (χ1) is 12.5. The maximum Gasteiger partial charge on any atom is 0.282 e. The van der Waals surface area contributed by atoms with Crippen molar-refractivity contribution in [1.29, 1.82) is 0 Å². The Morgan fingerprint density at radius 3 is 2.58 bits per heavy atom. The van der Waals surface area contributed by atoms with Crippen LogP contribution in [0.1, 0.15) is 16.7 Å². The minimum absolute atomic E-state index is 0.172. The number of nitrogens with one attached hydrogen (secondary N) is 1. The standard InChI is InChI=1S/C21H26N2O3/c1-15-11-19(25-3)20(26-4)12-17(15)13-22(2)14-21(24)23-10-9-16-7-5-6-8-18(16)23/h5-8,11-12H,9-10,13-14H2,1-4H3/p+1. The van der Waals surface area contributed by atoms with E-state index in [-0.39, 0.29) is 5.91 Å². The highest BCUT2D eigenvalue weighted by atomic mass is 16.5. The van der Waals surface area contributed by atoms with Crippen molar-refractivity contribution in [3.63, 3.8) is 0 Å². The maximum atomic E-state index is 12.8. The van der Waals surface area contributed by atoms with Crippen LogP contribution in [0.25, 0.3) is 0 Å². The Balaban J connectivity index is 1.68. The number of carbonyl (C=O) groups excluding carboxylic acids is 1. The third-order valence-corrected chi connectivity index (χ3v) is 4.98. The zero-order valence-corrected chi connectivity index (χ0v) is 16.0. The second kappa shape index (κ2) is 7.79. The van der Waals surface area contributed by atoms with E-state index in [1.54, 1.807) is 14.2 Å². The number of aryl methyl sites for hydroxylation is 1. The Labute approximate surface area is 155 Å². The minimum Gasteiger partial charge on any atom is -0.493 e. The summed E-state index contributed by atoms with van der Waals surface area (Å²) >= 11 is 0. The van der Waals surface area contributed by atoms with E-state index < -0.39 is 0 Å². The maximum absolute atomic E-state index is 12.8. The van der Waals surface area contributed by atoms with Crippen LogP contribution in [-0.2, 0) is 17.8 Å². The molecule has 1 amide bonds. The van der Waals surface area contributed by atoms with Gasteiger partial charge < -0.3 is 19.3 Å². The molecule has 2 aromatic carbocycles. The van der Waals surface area contributed by atoms with Gasteiger partial charge in [0.1, 0.15) is 6.54 Å². The van der Waals surface area contributed by atoms with Gasteiger partial charge in [-0.15, -0.1) is 0 Å². The Morgan fingerprint density at radius 1 is 1.15 bits per heavy atom. The lowest BCUT2D eigenvalue weighted by atomic mass is 10.1. The third kappa shape index (κ3) is 3.68. The Hall–Kier alpha value is -2.53. The summed E-state index contributed by atoms with van der Waals surface area (Å²) in [4.78, 5) is 15.8. The summed E-state index contributed by atoms with van der Waals surface area (Å²) in [6.45, 7) is 4.06. The van der Waals surface area contributed by atoms with Crippen LogP contribution in [0.3, 0.4) is 0 Å². The molecule has 1 heterocycles. The molecule has 3 rings (SSSR count). The highest BCUT2D eigenvalue weighted by Gasteiger charge is 2.26. The fourth-order valence-corrected chi connectivity index (χ4v) is 3.55. The van der Waals surface area contributed by atoms with Crippen LogP contribution in [0, 0.1) is 6.92 Å². The van der Waals surface area contributed by atoms with Gasteiger partial charge in [0.15, 0.2) is 18.0 Å². The molecule has 0 fully saturated rings. The van der Waals surface area contributed by atoms with Crippen LogP contribution >= 0.6 is 0 Å². The van der Waals surface area contributed by atoms with Crippen LogP contribution in [0.15, 0.2) is 36.4 Å². The summed E-state index contributed by atoms with van der Waals surface area (Å²) in [5.41, 5.74) is 4.62. The molecule has 138 valence electrons. The van der Waals surface area contributed by atoms with Gasteiger partial charge in [0.2, 0.25) is 0 Å². The van der Waals surface area contributed by atoms with Crippen molar-refractivity contribution in [2.45, 2.75) is 19.9 Å². The van der Waals surface area contributed by atoms with Gasteiger partial charge in [-0.1, -0.05) is 18.2 Å². The Kier molecular flexibility index (Phi) is 5.47. The van der Waals surface area contributed by atoms with Crippen LogP contribution in [0.4, 0.5) is 5.69 Å². The van der Waals surface area contributed by atoms with E-state index in [4.69, 9.17) is 9.47 Å². The van der Waals surface area contributed by atoms with Gasteiger partial charge >= 0.3 is 0 Å². The van der Waals surface area contributed by atoms with Gasteiger partial charge in [-0.25, -0.2) is 0 Å². The molecule has 1 aliphatic heterocycles. The number of benzene rings is 2. The SMILES string of the molecule is COc1cc(C)c(C[NH+](C)CC(=O)N2CCc3ccccc32)cc1OC. The molecule has 0 spiro atoms. The zero-order valence-electron chi connectivity index (χ0n) is 16.0. The molecule has 0 aliphatic carbocycles. The second-order valence-corrected chi connectivity index (χ2v) is 6.87. The van der Waals surface area contributed by atoms with Crippen molar-refractivity contribution in [3.8, 4) is 11.5 Å². The number of likely N-dealkylation sites (N-methyl/N-ethyl adjacent to an activating group) is 1. The van der Waals surface area contributed by atoms with E-state index in [9.17, 15) is 4.79 Å². The number of ether oxygens (including phenoxy) is 2. The molecule has 1 atom stereocenters. The summed E-state index contributed by atoms with van der Waals surface area (Å²) in [6.07, 6.45) is 0.940. The molecule has 5 nitrogen and oxygen atoms in total. The lowest BCUT2D eigenvalue weighted by Gasteiger charge is -2.21. The molecule has 0 bridgehead atoms. The fraction of sp³-hybridized carbons (Fsp3) is 0.381. The normalized spacial score (nSPS) is 14.1. The van der Waals surface area contributed by atoms with E-state index in [2.05, 4.69) is 20.0 Å². The summed E-state index contributed by atoms with van der Waals surface area (Å²) < 4.78 is 10.8. The Morgan fingerprint density at radius 2 is 1.85 bits per heavy atom. The van der Waals surface area contributed by atoms with Crippen LogP contribution < -0.4 is 19.3 Å². The van der Waals surface area contributed by atoms with Crippen molar-refractivity contribution in [2.24, 2.45) is 0 Å². The number of amides is 1. The minimum atomic E-state index is 0.172. The predicted octanol–water partition coefficient (Wildman–Crippen LogP) is 1.62. The summed E-state index contributed by atoms with van der Waals surface area (Å²) in [7, 11) is 5.33. The van der Waals surface area contributed by atoms with Crippen molar-refractivity contribution < 1.29 is 19.2 Å². The number of carbonyl (C=O) groups is 1. The molecular weight excluding hydrogens is 328 g/mol. The first kappa shape index (κ1) is 18.3. The van der Waals surface area contributed by atoms with Crippen LogP contribution in [0.5, 0.6) is 11.5 Å². The number of hydrogen-bond acceptors (Lipinski definition) is 3. The number of quaternary nitrogens is 1. The quantitative estimate of drug-likeness (QED) is 0.856. The largest absolute Gasteiger partial charge is 0.493 e. The van der Waals surface area contributed by atoms with Gasteiger partial charge in [0.25, 0.3) is 5.91 Å². The summed E-state index contributed by atoms with van der Waals surface area (Å²) in [5.74, 6) is 1.63. The van der Waals surface area contributed by atoms with Crippen molar-refractivity contribution in [3.05, 3.63) is 53.1 Å². The van der Waals surface area contributed by atoms with Gasteiger partial charge in [-0.3, -0.25) is 4.79 Å². The highest BCUT2D eigenvalue weighted by molar-refractivity contribution is 5.96. The number of para-hydroxylation sites is 1. The molecular formula is C21H27N2O3+. The summed E-state index contributed by atoms with van der Waals surface area (Å²) in [6, 6.07) is 12.2.